The molecule has 2 rings (SSSR count). The Morgan fingerprint density at radius 1 is 1.18 bits per heavy atom. The second-order valence-electron chi connectivity index (χ2n) is 5.71. The van der Waals surface area contributed by atoms with Gasteiger partial charge in [-0.3, -0.25) is 10.1 Å². The molecule has 22 heavy (non-hydrogen) atoms. The molecule has 8 nitrogen and oxygen atoms in total. The van der Waals surface area contributed by atoms with Gasteiger partial charge in [-0.25, -0.2) is 28.1 Å². The lowest BCUT2D eigenvalue weighted by molar-refractivity contribution is -0.120. The quantitative estimate of drug-likeness (QED) is 0.822. The van der Waals surface area contributed by atoms with E-state index in [1.165, 1.54) is 12.7 Å². The lowest BCUT2D eigenvalue weighted by Gasteiger charge is -2.28. The highest BCUT2D eigenvalue weighted by atomic mass is 32.2. The fourth-order valence-corrected chi connectivity index (χ4v) is 3.33. The van der Waals surface area contributed by atoms with E-state index < -0.39 is 15.3 Å². The average Bonchev–Trinajstić information content (AvgIpc) is 2.48. The van der Waals surface area contributed by atoms with Gasteiger partial charge in [0.05, 0.1) is 5.25 Å². The highest BCUT2D eigenvalue weighted by Gasteiger charge is 2.29. The van der Waals surface area contributed by atoms with Gasteiger partial charge in [0.25, 0.3) is 0 Å². The van der Waals surface area contributed by atoms with E-state index in [2.05, 4.69) is 25.0 Å². The summed E-state index contributed by atoms with van der Waals surface area (Å²) in [5.41, 5.74) is 0. The topological polar surface area (TPSA) is 114 Å². The number of amides is 1. The number of rotatable bonds is 5. The Balaban J connectivity index is 1.83. The van der Waals surface area contributed by atoms with Crippen LogP contribution < -0.4 is 10.0 Å². The lowest BCUT2D eigenvalue weighted by Crippen LogP contribution is -2.42. The minimum absolute atomic E-state index is 0.0892. The Labute approximate surface area is 130 Å². The summed E-state index contributed by atoms with van der Waals surface area (Å²) in [6.45, 7) is 3.30. The number of nitrogens with one attached hydrogen (secondary N) is 2. The molecule has 9 heteroatoms. The predicted molar refractivity (Wildman–Crippen MR) is 81.4 cm³/mol. The number of anilines is 1. The lowest BCUT2D eigenvalue weighted by atomic mass is 9.86. The molecule has 0 saturated heterocycles. The number of hydrogen-bond donors (Lipinski definition) is 2. The van der Waals surface area contributed by atoms with E-state index in [9.17, 15) is 13.2 Å². The first kappa shape index (κ1) is 16.8. The van der Waals surface area contributed by atoms with Crippen molar-refractivity contribution >= 4 is 21.9 Å². The largest absolute Gasteiger partial charge is 0.294 e. The zero-order valence-electron chi connectivity index (χ0n) is 12.7. The first-order valence-corrected chi connectivity index (χ1v) is 8.87. The van der Waals surface area contributed by atoms with Crippen LogP contribution in [0.2, 0.25) is 0 Å². The van der Waals surface area contributed by atoms with E-state index >= 15 is 0 Å². The van der Waals surface area contributed by atoms with Crippen molar-refractivity contribution in [1.82, 2.24) is 19.7 Å². The van der Waals surface area contributed by atoms with Crippen molar-refractivity contribution in [2.45, 2.75) is 50.8 Å². The van der Waals surface area contributed by atoms with Crippen LogP contribution in [0.4, 0.5) is 5.95 Å². The Kier molecular flexibility index (Phi) is 5.41. The van der Waals surface area contributed by atoms with Crippen LogP contribution in [0.5, 0.6) is 0 Å². The van der Waals surface area contributed by atoms with Crippen LogP contribution in [-0.4, -0.2) is 40.6 Å². The highest BCUT2D eigenvalue weighted by molar-refractivity contribution is 7.90. The summed E-state index contributed by atoms with van der Waals surface area (Å²) in [6.07, 6.45) is 5.23. The molecule has 1 heterocycles. The summed E-state index contributed by atoms with van der Waals surface area (Å²) < 4.78 is 26.4. The van der Waals surface area contributed by atoms with Gasteiger partial charge in [0.2, 0.25) is 21.9 Å². The number of carbonyl (C=O) groups is 1. The van der Waals surface area contributed by atoms with Crippen molar-refractivity contribution in [2.75, 3.05) is 5.32 Å². The number of aromatic nitrogens is 3. The van der Waals surface area contributed by atoms with Gasteiger partial charge in [0, 0.05) is 12.0 Å². The average molecular weight is 327 g/mol. The molecule has 1 aromatic heterocycles. The number of nitrogens with zero attached hydrogens (tertiary/aromatic N) is 3. The van der Waals surface area contributed by atoms with E-state index in [0.717, 1.165) is 0 Å². The SMILES string of the molecule is CC(C)S(=O)(=O)N[C@H]1CC[C@H](C(=O)Nc2ncncn2)CC1. The fraction of sp³-hybridized carbons (Fsp3) is 0.692. The summed E-state index contributed by atoms with van der Waals surface area (Å²) in [6, 6.07) is -0.0892. The molecular formula is C13H21N5O3S. The van der Waals surface area contributed by atoms with Crippen LogP contribution in [0.3, 0.4) is 0 Å². The van der Waals surface area contributed by atoms with Gasteiger partial charge < -0.3 is 0 Å². The Morgan fingerprint density at radius 3 is 2.32 bits per heavy atom. The zero-order chi connectivity index (χ0) is 16.2. The second-order valence-corrected chi connectivity index (χ2v) is 7.98. The Hall–Kier alpha value is -1.61. The van der Waals surface area contributed by atoms with Crippen molar-refractivity contribution in [3.63, 3.8) is 0 Å². The Morgan fingerprint density at radius 2 is 1.77 bits per heavy atom. The standard InChI is InChI=1S/C13H21N5O3S/c1-9(2)22(20,21)18-11-5-3-10(4-6-11)12(19)17-13-15-7-14-8-16-13/h7-11,18H,3-6H2,1-2H3,(H,14,15,16,17,19)/t10-,11-. The highest BCUT2D eigenvalue weighted by Crippen LogP contribution is 2.26. The normalized spacial score (nSPS) is 22.5. The van der Waals surface area contributed by atoms with Gasteiger partial charge in [0.1, 0.15) is 12.7 Å². The Bertz CT molecular complexity index is 597. The molecule has 1 aliphatic carbocycles. The maximum Gasteiger partial charge on any atom is 0.232 e. The number of hydrogen-bond acceptors (Lipinski definition) is 6. The molecule has 122 valence electrons. The van der Waals surface area contributed by atoms with Gasteiger partial charge >= 0.3 is 0 Å². The van der Waals surface area contributed by atoms with Crippen molar-refractivity contribution in [3.05, 3.63) is 12.7 Å². The van der Waals surface area contributed by atoms with Gasteiger partial charge in [0.15, 0.2) is 0 Å². The van der Waals surface area contributed by atoms with Crippen molar-refractivity contribution < 1.29 is 13.2 Å². The molecule has 0 spiro atoms. The molecule has 0 aliphatic heterocycles. The first-order valence-electron chi connectivity index (χ1n) is 7.32. The minimum Gasteiger partial charge on any atom is -0.294 e. The van der Waals surface area contributed by atoms with Gasteiger partial charge in [-0.2, -0.15) is 0 Å². The smallest absolute Gasteiger partial charge is 0.232 e. The number of carbonyl (C=O) groups excluding carboxylic acids is 1. The van der Waals surface area contributed by atoms with Crippen LogP contribution in [0.1, 0.15) is 39.5 Å². The van der Waals surface area contributed by atoms with Crippen LogP contribution in [-0.2, 0) is 14.8 Å². The first-order chi connectivity index (χ1) is 10.4. The minimum atomic E-state index is -3.26. The van der Waals surface area contributed by atoms with Crippen LogP contribution >= 0.6 is 0 Å². The second kappa shape index (κ2) is 7.10. The molecule has 0 unspecified atom stereocenters. The van der Waals surface area contributed by atoms with E-state index in [1.807, 2.05) is 0 Å². The van der Waals surface area contributed by atoms with E-state index in [1.54, 1.807) is 13.8 Å². The molecule has 0 radical (unpaired) electrons. The molecule has 0 bridgehead atoms. The van der Waals surface area contributed by atoms with Crippen LogP contribution in [0.25, 0.3) is 0 Å². The maximum atomic E-state index is 12.1. The van der Waals surface area contributed by atoms with Gasteiger partial charge in [-0.1, -0.05) is 0 Å². The van der Waals surface area contributed by atoms with Crippen molar-refractivity contribution in [2.24, 2.45) is 5.92 Å². The summed E-state index contributed by atoms with van der Waals surface area (Å²) in [7, 11) is -3.26. The zero-order valence-corrected chi connectivity index (χ0v) is 13.5. The monoisotopic (exact) mass is 327 g/mol. The summed E-state index contributed by atoms with van der Waals surface area (Å²) in [5.74, 6) is -0.0319. The molecule has 1 fully saturated rings. The van der Waals surface area contributed by atoms with E-state index in [4.69, 9.17) is 0 Å². The summed E-state index contributed by atoms with van der Waals surface area (Å²) in [5, 5.41) is 2.21. The van der Waals surface area contributed by atoms with E-state index in [0.29, 0.717) is 25.7 Å². The molecule has 1 aromatic rings. The van der Waals surface area contributed by atoms with Crippen LogP contribution in [0, 0.1) is 5.92 Å². The molecule has 1 saturated carbocycles. The van der Waals surface area contributed by atoms with Gasteiger partial charge in [-0.05, 0) is 39.5 Å². The molecule has 1 amide bonds. The third-order valence-electron chi connectivity index (χ3n) is 3.78. The molecule has 1 aliphatic rings. The van der Waals surface area contributed by atoms with Crippen molar-refractivity contribution in [1.29, 1.82) is 0 Å². The summed E-state index contributed by atoms with van der Waals surface area (Å²) in [4.78, 5) is 23.5. The molecular weight excluding hydrogens is 306 g/mol. The van der Waals surface area contributed by atoms with Gasteiger partial charge in [-0.15, -0.1) is 0 Å². The third-order valence-corrected chi connectivity index (χ3v) is 5.68. The van der Waals surface area contributed by atoms with Crippen LogP contribution in [0.15, 0.2) is 12.7 Å². The third kappa shape index (κ3) is 4.44. The molecule has 0 atom stereocenters. The number of sulfonamides is 1. The predicted octanol–water partition coefficient (Wildman–Crippen LogP) is 0.697. The summed E-state index contributed by atoms with van der Waals surface area (Å²) >= 11 is 0. The van der Waals surface area contributed by atoms with Crippen molar-refractivity contribution in [3.8, 4) is 0 Å². The molecule has 2 N–H and O–H groups in total. The van der Waals surface area contributed by atoms with E-state index in [-0.39, 0.29) is 23.8 Å². The molecule has 0 aromatic carbocycles. The fourth-order valence-electron chi connectivity index (χ4n) is 2.36. The maximum absolute atomic E-state index is 12.1.